The molecule has 9 heteroatoms. The Bertz CT molecular complexity index is 1040. The molecule has 2 aromatic heterocycles. The van der Waals surface area contributed by atoms with Gasteiger partial charge in [0.05, 0.1) is 9.95 Å². The molecule has 0 saturated heterocycles. The Labute approximate surface area is 146 Å². The van der Waals surface area contributed by atoms with E-state index in [4.69, 9.17) is 11.6 Å². The Balaban J connectivity index is 2.09. The summed E-state index contributed by atoms with van der Waals surface area (Å²) in [5.74, 6) is -0.676. The van der Waals surface area contributed by atoms with Gasteiger partial charge in [-0.15, -0.1) is 0 Å². The van der Waals surface area contributed by atoms with Crippen molar-refractivity contribution in [3.05, 3.63) is 79.5 Å². The summed E-state index contributed by atoms with van der Waals surface area (Å²) in [6.07, 6.45) is 1.41. The van der Waals surface area contributed by atoms with Gasteiger partial charge in [-0.1, -0.05) is 23.7 Å². The van der Waals surface area contributed by atoms with E-state index in [2.05, 4.69) is 4.98 Å². The van der Waals surface area contributed by atoms with Crippen LogP contribution in [0, 0.1) is 15.9 Å². The van der Waals surface area contributed by atoms with Crippen molar-refractivity contribution < 1.29 is 9.31 Å². The second-order valence-electron chi connectivity index (χ2n) is 5.38. The van der Waals surface area contributed by atoms with E-state index in [1.807, 2.05) is 0 Å². The van der Waals surface area contributed by atoms with Gasteiger partial charge in [0.25, 0.3) is 0 Å². The fourth-order valence-corrected chi connectivity index (χ4v) is 2.60. The number of benzene rings is 1. The van der Waals surface area contributed by atoms with Gasteiger partial charge in [0.1, 0.15) is 11.5 Å². The molecule has 3 rings (SSSR count). The maximum Gasteiger partial charge on any atom is 0.376 e. The molecular formula is C16H12ClFN4O3. The number of fused-ring (bicyclic) bond motifs is 1. The zero-order valence-corrected chi connectivity index (χ0v) is 13.8. The van der Waals surface area contributed by atoms with E-state index >= 15 is 0 Å². The van der Waals surface area contributed by atoms with Crippen molar-refractivity contribution in [2.45, 2.75) is 6.54 Å². The molecule has 0 spiro atoms. The molecule has 0 aliphatic rings. The standard InChI is InChI=1S/C16H12ClFN4O3/c1-20(9-10-5-6-11(17)12(18)8-10)15-14(22(24)25)16(23)21-7-3-2-4-13(21)19-15/h2-8H,9H2,1H3. The molecule has 7 nitrogen and oxygen atoms in total. The number of hydrogen-bond acceptors (Lipinski definition) is 5. The molecule has 0 saturated carbocycles. The quantitative estimate of drug-likeness (QED) is 0.526. The lowest BCUT2D eigenvalue weighted by Crippen LogP contribution is -2.26. The highest BCUT2D eigenvalue weighted by atomic mass is 35.5. The summed E-state index contributed by atoms with van der Waals surface area (Å²) in [6.45, 7) is 0.115. The number of aromatic nitrogens is 2. The monoisotopic (exact) mass is 362 g/mol. The highest BCUT2D eigenvalue weighted by Gasteiger charge is 2.26. The molecule has 0 bridgehead atoms. The third-order valence-corrected chi connectivity index (χ3v) is 3.95. The van der Waals surface area contributed by atoms with Crippen molar-refractivity contribution in [3.63, 3.8) is 0 Å². The van der Waals surface area contributed by atoms with E-state index in [-0.39, 0.29) is 23.0 Å². The predicted molar refractivity (Wildman–Crippen MR) is 91.6 cm³/mol. The van der Waals surface area contributed by atoms with Gasteiger partial charge in [0.2, 0.25) is 5.82 Å². The average Bonchev–Trinajstić information content (AvgIpc) is 2.57. The molecule has 1 aromatic carbocycles. The van der Waals surface area contributed by atoms with Crippen molar-refractivity contribution in [1.82, 2.24) is 9.38 Å². The topological polar surface area (TPSA) is 80.8 Å². The van der Waals surface area contributed by atoms with Crippen LogP contribution in [0.4, 0.5) is 15.9 Å². The fraction of sp³-hybridized carbons (Fsp3) is 0.125. The first-order chi connectivity index (χ1) is 11.9. The first-order valence-electron chi connectivity index (χ1n) is 7.19. The van der Waals surface area contributed by atoms with Crippen LogP contribution < -0.4 is 10.5 Å². The third-order valence-electron chi connectivity index (χ3n) is 3.64. The van der Waals surface area contributed by atoms with E-state index in [9.17, 15) is 19.3 Å². The SMILES string of the molecule is CN(Cc1ccc(Cl)c(F)c1)c1nc2ccccn2c(=O)c1[N+](=O)[O-]. The van der Waals surface area contributed by atoms with E-state index in [1.165, 1.54) is 23.2 Å². The molecule has 3 aromatic rings. The van der Waals surface area contributed by atoms with Crippen LogP contribution in [0.3, 0.4) is 0 Å². The molecule has 2 heterocycles. The third kappa shape index (κ3) is 3.16. The second-order valence-corrected chi connectivity index (χ2v) is 5.79. The van der Waals surface area contributed by atoms with Gasteiger partial charge in [-0.2, -0.15) is 0 Å². The lowest BCUT2D eigenvalue weighted by Gasteiger charge is -2.18. The lowest BCUT2D eigenvalue weighted by molar-refractivity contribution is -0.385. The van der Waals surface area contributed by atoms with Crippen molar-refractivity contribution in [2.24, 2.45) is 0 Å². The van der Waals surface area contributed by atoms with Gasteiger partial charge in [-0.3, -0.25) is 19.3 Å². The summed E-state index contributed by atoms with van der Waals surface area (Å²) in [7, 11) is 1.54. The Morgan fingerprint density at radius 2 is 2.12 bits per heavy atom. The van der Waals surface area contributed by atoms with Crippen LogP contribution in [0.1, 0.15) is 5.56 Å². The Kier molecular flexibility index (Phi) is 4.37. The summed E-state index contributed by atoms with van der Waals surface area (Å²) in [5.41, 5.74) is -0.601. The van der Waals surface area contributed by atoms with Crippen molar-refractivity contribution in [3.8, 4) is 0 Å². The lowest BCUT2D eigenvalue weighted by atomic mass is 10.2. The van der Waals surface area contributed by atoms with Crippen molar-refractivity contribution in [2.75, 3.05) is 11.9 Å². The number of halogens is 2. The zero-order chi connectivity index (χ0) is 18.1. The fourth-order valence-electron chi connectivity index (χ4n) is 2.48. The number of anilines is 1. The minimum Gasteiger partial charge on any atom is -0.349 e. The molecule has 0 atom stereocenters. The number of pyridine rings is 1. The van der Waals surface area contributed by atoms with E-state index in [1.54, 1.807) is 31.3 Å². The van der Waals surface area contributed by atoms with E-state index < -0.39 is 22.0 Å². The number of rotatable bonds is 4. The Hall–Kier alpha value is -3.00. The van der Waals surface area contributed by atoms with Gasteiger partial charge >= 0.3 is 11.2 Å². The molecule has 25 heavy (non-hydrogen) atoms. The molecule has 0 N–H and O–H groups in total. The Morgan fingerprint density at radius 3 is 2.80 bits per heavy atom. The summed E-state index contributed by atoms with van der Waals surface area (Å²) in [6, 6.07) is 9.06. The smallest absolute Gasteiger partial charge is 0.349 e. The van der Waals surface area contributed by atoms with Crippen LogP contribution in [0.25, 0.3) is 5.65 Å². The highest BCUT2D eigenvalue weighted by Crippen LogP contribution is 2.24. The van der Waals surface area contributed by atoms with Crippen molar-refractivity contribution in [1.29, 1.82) is 0 Å². The van der Waals surface area contributed by atoms with Crippen LogP contribution >= 0.6 is 11.6 Å². The second kappa shape index (κ2) is 6.48. The molecule has 0 amide bonds. The van der Waals surface area contributed by atoms with Gasteiger partial charge in [0, 0.05) is 19.8 Å². The van der Waals surface area contributed by atoms with Crippen LogP contribution in [-0.4, -0.2) is 21.4 Å². The Morgan fingerprint density at radius 1 is 1.36 bits per heavy atom. The van der Waals surface area contributed by atoms with Crippen LogP contribution in [0.2, 0.25) is 5.02 Å². The number of nitro groups is 1. The van der Waals surface area contributed by atoms with Crippen molar-refractivity contribution >= 4 is 28.8 Å². The summed E-state index contributed by atoms with van der Waals surface area (Å²) in [4.78, 5) is 28.7. The molecule has 0 aliphatic heterocycles. The van der Waals surface area contributed by atoms with E-state index in [0.29, 0.717) is 5.56 Å². The van der Waals surface area contributed by atoms with Gasteiger partial charge in [-0.05, 0) is 29.8 Å². The van der Waals surface area contributed by atoms with Gasteiger partial charge in [-0.25, -0.2) is 9.37 Å². The van der Waals surface area contributed by atoms with Crippen LogP contribution in [0.5, 0.6) is 0 Å². The maximum absolute atomic E-state index is 13.6. The normalized spacial score (nSPS) is 10.8. The summed E-state index contributed by atoms with van der Waals surface area (Å²) >= 11 is 5.65. The molecule has 128 valence electrons. The van der Waals surface area contributed by atoms with Crippen LogP contribution in [0.15, 0.2) is 47.4 Å². The number of nitrogens with zero attached hydrogens (tertiary/aromatic N) is 4. The minimum atomic E-state index is -0.778. The minimum absolute atomic E-state index is 0.0144. The van der Waals surface area contributed by atoms with Gasteiger partial charge in [0.15, 0.2) is 0 Å². The predicted octanol–water partition coefficient (Wildman–Crippen LogP) is 3.03. The zero-order valence-electron chi connectivity index (χ0n) is 13.0. The maximum atomic E-state index is 13.6. The molecule has 0 radical (unpaired) electrons. The highest BCUT2D eigenvalue weighted by molar-refractivity contribution is 6.30. The summed E-state index contributed by atoms with van der Waals surface area (Å²) in [5, 5.41) is 11.4. The first kappa shape index (κ1) is 16.8. The average molecular weight is 363 g/mol. The van der Waals surface area contributed by atoms with Gasteiger partial charge < -0.3 is 4.90 Å². The van der Waals surface area contributed by atoms with Crippen LogP contribution in [-0.2, 0) is 6.54 Å². The molecule has 0 fully saturated rings. The van der Waals surface area contributed by atoms with E-state index in [0.717, 1.165) is 4.40 Å². The first-order valence-corrected chi connectivity index (χ1v) is 7.57. The molecular weight excluding hydrogens is 351 g/mol. The largest absolute Gasteiger partial charge is 0.376 e. The number of hydrogen-bond donors (Lipinski definition) is 0. The summed E-state index contributed by atoms with van der Waals surface area (Å²) < 4.78 is 14.7. The molecule has 0 unspecified atom stereocenters. The molecule has 0 aliphatic carbocycles.